The van der Waals surface area contributed by atoms with Crippen LogP contribution in [0.1, 0.15) is 61.0 Å². The molecule has 2 atom stereocenters. The molecule has 0 radical (unpaired) electrons. The molecule has 0 saturated heterocycles. The molecule has 2 unspecified atom stereocenters. The standard InChI is InChI=1S/C51H49N7/c1-38(39-23-8-2-9-24-39)22-18-21-35-53-48-45(40-25-10-3-11-26-40)50(37-52,36-44(54-48)58-51(33-19-7-20-34-51)43-31-16-6-17-32-43)49-56-46(41-27-12-4-13-28-41)55-47(57-49)42-29-14-5-15-30-42/h2-17,19,21,23-32,35,53H,1,18,20,22,33-34,36-37,52H2,(H,54,58)/b35-21-. The van der Waals surface area contributed by atoms with Crippen molar-refractivity contribution in [2.24, 2.45) is 10.7 Å². The van der Waals surface area contributed by atoms with Crippen molar-refractivity contribution in [3.63, 3.8) is 0 Å². The molecule has 0 fully saturated rings. The molecule has 0 bridgehead atoms. The van der Waals surface area contributed by atoms with Gasteiger partial charge in [-0.1, -0.05) is 176 Å². The van der Waals surface area contributed by atoms with E-state index in [4.69, 9.17) is 25.7 Å². The number of allylic oxidation sites excluding steroid dienone is 3. The molecule has 7 nitrogen and oxygen atoms in total. The topological polar surface area (TPSA) is 101 Å². The third-order valence-electron chi connectivity index (χ3n) is 11.2. The second kappa shape index (κ2) is 17.6. The van der Waals surface area contributed by atoms with Gasteiger partial charge in [-0.05, 0) is 60.6 Å². The Hall–Kier alpha value is -6.70. The van der Waals surface area contributed by atoms with Crippen LogP contribution in [0.15, 0.2) is 193 Å². The molecule has 4 N–H and O–H groups in total. The Morgan fingerprint density at radius 2 is 1.29 bits per heavy atom. The number of nitrogens with one attached hydrogen (secondary N) is 2. The van der Waals surface area contributed by atoms with E-state index in [-0.39, 0.29) is 6.54 Å². The highest BCUT2D eigenvalue weighted by Crippen LogP contribution is 2.46. The van der Waals surface area contributed by atoms with Gasteiger partial charge in [-0.25, -0.2) is 15.0 Å². The van der Waals surface area contributed by atoms with Crippen molar-refractivity contribution in [1.29, 1.82) is 0 Å². The van der Waals surface area contributed by atoms with Crippen LogP contribution in [0.5, 0.6) is 0 Å². The van der Waals surface area contributed by atoms with Crippen LogP contribution in [-0.2, 0) is 11.0 Å². The van der Waals surface area contributed by atoms with E-state index in [2.05, 4.69) is 114 Å². The Morgan fingerprint density at radius 1 is 0.724 bits per heavy atom. The summed E-state index contributed by atoms with van der Waals surface area (Å²) in [6.45, 7) is 4.57. The summed E-state index contributed by atoms with van der Waals surface area (Å²) in [5, 5.41) is 7.51. The van der Waals surface area contributed by atoms with Crippen LogP contribution in [0.3, 0.4) is 0 Å². The lowest BCUT2D eigenvalue weighted by molar-refractivity contribution is 0.400. The minimum atomic E-state index is -0.915. The molecule has 2 aliphatic rings. The predicted octanol–water partition coefficient (Wildman–Crippen LogP) is 10.4. The van der Waals surface area contributed by atoms with E-state index in [0.29, 0.717) is 23.9 Å². The Balaban J connectivity index is 1.30. The lowest BCUT2D eigenvalue weighted by atomic mass is 9.70. The van der Waals surface area contributed by atoms with Gasteiger partial charge >= 0.3 is 0 Å². The molecule has 1 aliphatic carbocycles. The summed E-state index contributed by atoms with van der Waals surface area (Å²) in [4.78, 5) is 21.4. The lowest BCUT2D eigenvalue weighted by Gasteiger charge is -2.42. The average molecular weight is 760 g/mol. The van der Waals surface area contributed by atoms with E-state index in [9.17, 15) is 0 Å². The van der Waals surface area contributed by atoms with Crippen LogP contribution in [-0.4, -0.2) is 27.3 Å². The Bertz CT molecular complexity index is 2390. The fourth-order valence-electron chi connectivity index (χ4n) is 8.10. The number of hydrogen-bond donors (Lipinski definition) is 3. The normalized spacial score (nSPS) is 19.9. The van der Waals surface area contributed by atoms with Crippen LogP contribution in [0.4, 0.5) is 0 Å². The van der Waals surface area contributed by atoms with Gasteiger partial charge in [0.25, 0.3) is 0 Å². The first kappa shape index (κ1) is 38.2. The van der Waals surface area contributed by atoms with E-state index >= 15 is 0 Å². The first-order valence-electron chi connectivity index (χ1n) is 20.2. The zero-order chi connectivity index (χ0) is 39.6. The molecule has 7 heteroatoms. The number of benzene rings is 5. The maximum Gasteiger partial charge on any atom is 0.163 e. The number of amidine groups is 1. The number of hydrogen-bond acceptors (Lipinski definition) is 6. The summed E-state index contributed by atoms with van der Waals surface area (Å²) in [7, 11) is 0. The van der Waals surface area contributed by atoms with E-state index in [0.717, 1.165) is 77.2 Å². The first-order valence-corrected chi connectivity index (χ1v) is 20.2. The molecule has 6 aromatic rings. The zero-order valence-corrected chi connectivity index (χ0v) is 32.8. The summed E-state index contributed by atoms with van der Waals surface area (Å²) in [5.41, 5.74) is 13.0. The molecule has 2 heterocycles. The molecule has 8 rings (SSSR count). The van der Waals surface area contributed by atoms with Crippen LogP contribution >= 0.6 is 0 Å². The Morgan fingerprint density at radius 3 is 1.86 bits per heavy atom. The minimum absolute atomic E-state index is 0.217. The molecule has 0 amide bonds. The van der Waals surface area contributed by atoms with E-state index in [1.807, 2.05) is 79.0 Å². The first-order chi connectivity index (χ1) is 28.6. The fourth-order valence-corrected chi connectivity index (χ4v) is 8.10. The van der Waals surface area contributed by atoms with Gasteiger partial charge in [0.15, 0.2) is 11.6 Å². The largest absolute Gasteiger partial charge is 0.348 e. The third kappa shape index (κ3) is 8.22. The smallest absolute Gasteiger partial charge is 0.163 e. The monoisotopic (exact) mass is 759 g/mol. The van der Waals surface area contributed by atoms with Crippen molar-refractivity contribution >= 4 is 17.0 Å². The summed E-state index contributed by atoms with van der Waals surface area (Å²) in [6.07, 6.45) is 13.4. The quantitative estimate of drug-likeness (QED) is 0.101. The number of nitrogens with zero attached hydrogens (tertiary/aromatic N) is 4. The highest BCUT2D eigenvalue weighted by Gasteiger charge is 2.47. The number of aliphatic imine (C=N–C) groups is 1. The Kier molecular flexibility index (Phi) is 11.6. The van der Waals surface area contributed by atoms with Gasteiger partial charge in [-0.2, -0.15) is 0 Å². The van der Waals surface area contributed by atoms with Crippen LogP contribution in [0.25, 0.3) is 33.9 Å². The third-order valence-corrected chi connectivity index (χ3v) is 11.2. The average Bonchev–Trinajstić information content (AvgIpc) is 3.30. The Labute approximate surface area is 342 Å². The van der Waals surface area contributed by atoms with Crippen molar-refractivity contribution in [2.75, 3.05) is 6.54 Å². The highest BCUT2D eigenvalue weighted by atomic mass is 15.2. The predicted molar refractivity (Wildman–Crippen MR) is 238 cm³/mol. The molecular weight excluding hydrogens is 711 g/mol. The van der Waals surface area contributed by atoms with Gasteiger partial charge < -0.3 is 16.4 Å². The van der Waals surface area contributed by atoms with Crippen LogP contribution in [0.2, 0.25) is 0 Å². The molecule has 288 valence electrons. The number of rotatable bonds is 13. The number of nitrogens with two attached hydrogens (primary N) is 1. The molecule has 0 spiro atoms. The van der Waals surface area contributed by atoms with Crippen LogP contribution < -0.4 is 16.4 Å². The highest BCUT2D eigenvalue weighted by molar-refractivity contribution is 5.95. The molecule has 1 aromatic heterocycles. The minimum Gasteiger partial charge on any atom is -0.348 e. The summed E-state index contributed by atoms with van der Waals surface area (Å²) in [6, 6.07) is 51.6. The molecule has 1 aliphatic heterocycles. The maximum atomic E-state index is 7.16. The van der Waals surface area contributed by atoms with Gasteiger partial charge in [0, 0.05) is 29.7 Å². The SMILES string of the molecule is C=C(CC/C=C\NC1=C(c2ccccc2)C(CN)(c2nc(-c3ccccc3)nc(-c3ccccc3)n2)CC(=NC2(c3ccccc3)CC=CCC2)N1)c1ccccc1. The second-order valence-electron chi connectivity index (χ2n) is 15.0. The second-order valence-corrected chi connectivity index (χ2v) is 15.0. The van der Waals surface area contributed by atoms with Gasteiger partial charge in [0.1, 0.15) is 17.5 Å². The molecular formula is C51H49N7. The van der Waals surface area contributed by atoms with Crippen molar-refractivity contribution in [3.05, 3.63) is 211 Å². The summed E-state index contributed by atoms with van der Waals surface area (Å²) in [5.74, 6) is 3.38. The van der Waals surface area contributed by atoms with Gasteiger partial charge in [0.05, 0.1) is 11.0 Å². The maximum absolute atomic E-state index is 7.16. The lowest BCUT2D eigenvalue weighted by Crippen LogP contribution is -2.51. The summed E-state index contributed by atoms with van der Waals surface area (Å²) >= 11 is 0. The zero-order valence-electron chi connectivity index (χ0n) is 32.8. The van der Waals surface area contributed by atoms with Crippen molar-refractivity contribution in [2.45, 2.75) is 49.5 Å². The van der Waals surface area contributed by atoms with E-state index < -0.39 is 11.0 Å². The van der Waals surface area contributed by atoms with Crippen LogP contribution in [0, 0.1) is 0 Å². The molecule has 58 heavy (non-hydrogen) atoms. The number of aromatic nitrogens is 3. The fraction of sp³-hybridized carbons (Fsp3) is 0.176. The van der Waals surface area contributed by atoms with Crippen molar-refractivity contribution < 1.29 is 0 Å². The van der Waals surface area contributed by atoms with Gasteiger partial charge in [-0.3, -0.25) is 4.99 Å². The van der Waals surface area contributed by atoms with Gasteiger partial charge in [-0.15, -0.1) is 0 Å². The molecule has 0 saturated carbocycles. The van der Waals surface area contributed by atoms with E-state index in [1.54, 1.807) is 0 Å². The molecule has 5 aromatic carbocycles. The van der Waals surface area contributed by atoms with Crippen molar-refractivity contribution in [1.82, 2.24) is 25.6 Å². The van der Waals surface area contributed by atoms with Crippen molar-refractivity contribution in [3.8, 4) is 22.8 Å². The summed E-state index contributed by atoms with van der Waals surface area (Å²) < 4.78 is 0. The van der Waals surface area contributed by atoms with E-state index in [1.165, 1.54) is 5.56 Å². The van der Waals surface area contributed by atoms with Gasteiger partial charge in [0.2, 0.25) is 0 Å².